The molecule has 0 saturated heterocycles. The van der Waals surface area contributed by atoms with Crippen molar-refractivity contribution in [1.29, 1.82) is 0 Å². The summed E-state index contributed by atoms with van der Waals surface area (Å²) in [6.45, 7) is 2.70. The number of hydrogen-bond acceptors (Lipinski definition) is 3. The first-order valence-corrected chi connectivity index (χ1v) is 4.68. The van der Waals surface area contributed by atoms with Crippen molar-refractivity contribution >= 4 is 12.2 Å². The minimum absolute atomic E-state index is 0.691. The SMILES string of the molecule is Cc1c[nH]c(=S)n1Cc1ccncn1. The molecule has 0 spiro atoms. The van der Waals surface area contributed by atoms with Gasteiger partial charge in [-0.1, -0.05) is 0 Å². The predicted molar refractivity (Wildman–Crippen MR) is 55.5 cm³/mol. The van der Waals surface area contributed by atoms with Gasteiger partial charge in [-0.3, -0.25) is 0 Å². The zero-order chi connectivity index (χ0) is 9.97. The molecule has 1 N–H and O–H groups in total. The summed E-state index contributed by atoms with van der Waals surface area (Å²) in [6.07, 6.45) is 5.17. The minimum atomic E-state index is 0.691. The molecule has 0 aliphatic heterocycles. The zero-order valence-corrected chi connectivity index (χ0v) is 8.58. The molecule has 5 heteroatoms. The average molecular weight is 206 g/mol. The van der Waals surface area contributed by atoms with Gasteiger partial charge in [-0.15, -0.1) is 0 Å². The van der Waals surface area contributed by atoms with Crippen molar-refractivity contribution in [1.82, 2.24) is 19.5 Å². The second kappa shape index (κ2) is 3.71. The Hall–Kier alpha value is -1.49. The van der Waals surface area contributed by atoms with Crippen LogP contribution in [-0.2, 0) is 6.54 Å². The van der Waals surface area contributed by atoms with E-state index in [0.29, 0.717) is 6.54 Å². The molecule has 0 bridgehead atoms. The van der Waals surface area contributed by atoms with Crippen molar-refractivity contribution in [3.8, 4) is 0 Å². The highest BCUT2D eigenvalue weighted by atomic mass is 32.1. The Morgan fingerprint density at radius 2 is 2.43 bits per heavy atom. The fraction of sp³-hybridized carbons (Fsp3) is 0.222. The van der Waals surface area contributed by atoms with Crippen molar-refractivity contribution in [3.63, 3.8) is 0 Å². The second-order valence-electron chi connectivity index (χ2n) is 3.02. The lowest BCUT2D eigenvalue weighted by atomic mass is 10.4. The first-order chi connectivity index (χ1) is 6.77. The Kier molecular flexibility index (Phi) is 2.41. The molecule has 0 aromatic carbocycles. The van der Waals surface area contributed by atoms with Gasteiger partial charge in [0.15, 0.2) is 4.77 Å². The van der Waals surface area contributed by atoms with Gasteiger partial charge < -0.3 is 9.55 Å². The van der Waals surface area contributed by atoms with Gasteiger partial charge >= 0.3 is 0 Å². The number of imidazole rings is 1. The average Bonchev–Trinajstić information content (AvgIpc) is 2.51. The number of nitrogens with zero attached hydrogens (tertiary/aromatic N) is 3. The number of aryl methyl sites for hydroxylation is 1. The summed E-state index contributed by atoms with van der Waals surface area (Å²) in [5.41, 5.74) is 2.06. The molecule has 72 valence electrons. The third-order valence-corrected chi connectivity index (χ3v) is 2.38. The molecule has 14 heavy (non-hydrogen) atoms. The minimum Gasteiger partial charge on any atom is -0.337 e. The molecule has 0 atom stereocenters. The molecule has 0 amide bonds. The molecule has 4 nitrogen and oxygen atoms in total. The zero-order valence-electron chi connectivity index (χ0n) is 7.77. The molecule has 0 radical (unpaired) electrons. The summed E-state index contributed by atoms with van der Waals surface area (Å²) in [7, 11) is 0. The van der Waals surface area contributed by atoms with E-state index < -0.39 is 0 Å². The summed E-state index contributed by atoms with van der Waals surface area (Å²) < 4.78 is 2.72. The second-order valence-corrected chi connectivity index (χ2v) is 3.41. The standard InChI is InChI=1S/C9H10N4S/c1-7-4-11-9(14)13(7)5-8-2-3-10-6-12-8/h2-4,6H,5H2,1H3,(H,11,14). The summed E-state index contributed by atoms with van der Waals surface area (Å²) >= 11 is 5.14. The molecule has 0 aliphatic rings. The maximum Gasteiger partial charge on any atom is 0.177 e. The summed E-state index contributed by atoms with van der Waals surface area (Å²) in [6, 6.07) is 1.88. The molecule has 2 heterocycles. The number of rotatable bonds is 2. The molecule has 2 rings (SSSR count). The van der Waals surface area contributed by atoms with Crippen LogP contribution in [0, 0.1) is 11.7 Å². The van der Waals surface area contributed by atoms with E-state index >= 15 is 0 Å². The summed E-state index contributed by atoms with van der Waals surface area (Å²) in [4.78, 5) is 11.0. The maximum absolute atomic E-state index is 5.14. The summed E-state index contributed by atoms with van der Waals surface area (Å²) in [5.74, 6) is 0. The van der Waals surface area contributed by atoms with E-state index in [2.05, 4.69) is 15.0 Å². The van der Waals surface area contributed by atoms with E-state index in [4.69, 9.17) is 12.2 Å². The Bertz CT molecular complexity index is 471. The van der Waals surface area contributed by atoms with Crippen LogP contribution in [0.25, 0.3) is 0 Å². The van der Waals surface area contributed by atoms with Crippen LogP contribution in [-0.4, -0.2) is 19.5 Å². The van der Waals surface area contributed by atoms with Gasteiger partial charge in [-0.2, -0.15) is 0 Å². The fourth-order valence-corrected chi connectivity index (χ4v) is 1.52. The number of H-pyrrole nitrogens is 1. The Morgan fingerprint density at radius 3 is 3.00 bits per heavy atom. The quantitative estimate of drug-likeness (QED) is 0.761. The first-order valence-electron chi connectivity index (χ1n) is 4.27. The van der Waals surface area contributed by atoms with Gasteiger partial charge in [0.05, 0.1) is 12.2 Å². The van der Waals surface area contributed by atoms with Crippen LogP contribution < -0.4 is 0 Å². The lowest BCUT2D eigenvalue weighted by Crippen LogP contribution is -2.03. The topological polar surface area (TPSA) is 46.5 Å². The Labute approximate surface area is 86.7 Å². The number of nitrogens with one attached hydrogen (secondary N) is 1. The number of aromatic amines is 1. The van der Waals surface area contributed by atoms with E-state index in [0.717, 1.165) is 16.2 Å². The molecular weight excluding hydrogens is 196 g/mol. The Balaban J connectivity index is 2.32. The van der Waals surface area contributed by atoms with Crippen molar-refractivity contribution in [2.75, 3.05) is 0 Å². The first kappa shape index (κ1) is 9.08. The van der Waals surface area contributed by atoms with Crippen molar-refractivity contribution in [2.24, 2.45) is 0 Å². The lowest BCUT2D eigenvalue weighted by molar-refractivity contribution is 0.735. The molecule has 2 aromatic heterocycles. The van der Waals surface area contributed by atoms with Crippen LogP contribution in [0.5, 0.6) is 0 Å². The number of hydrogen-bond donors (Lipinski definition) is 1. The summed E-state index contributed by atoms with van der Waals surface area (Å²) in [5, 5.41) is 0. The molecule has 0 unspecified atom stereocenters. The number of aromatic nitrogens is 4. The van der Waals surface area contributed by atoms with Crippen LogP contribution in [0.2, 0.25) is 0 Å². The van der Waals surface area contributed by atoms with Crippen molar-refractivity contribution in [2.45, 2.75) is 13.5 Å². The third-order valence-electron chi connectivity index (χ3n) is 2.04. The van der Waals surface area contributed by atoms with Crippen molar-refractivity contribution < 1.29 is 0 Å². The third kappa shape index (κ3) is 1.72. The van der Waals surface area contributed by atoms with Crippen LogP contribution >= 0.6 is 12.2 Å². The highest BCUT2D eigenvalue weighted by Gasteiger charge is 2.00. The smallest absolute Gasteiger partial charge is 0.177 e. The van der Waals surface area contributed by atoms with Crippen LogP contribution in [0.3, 0.4) is 0 Å². The Morgan fingerprint density at radius 1 is 1.57 bits per heavy atom. The van der Waals surface area contributed by atoms with Crippen LogP contribution in [0.4, 0.5) is 0 Å². The predicted octanol–water partition coefficient (Wildman–Crippen LogP) is 1.69. The van der Waals surface area contributed by atoms with Crippen molar-refractivity contribution in [3.05, 3.63) is 40.9 Å². The van der Waals surface area contributed by atoms with E-state index in [-0.39, 0.29) is 0 Å². The highest BCUT2D eigenvalue weighted by Crippen LogP contribution is 2.03. The van der Waals surface area contributed by atoms with Gasteiger partial charge in [-0.05, 0) is 25.2 Å². The maximum atomic E-state index is 5.14. The highest BCUT2D eigenvalue weighted by molar-refractivity contribution is 7.71. The van der Waals surface area contributed by atoms with Gasteiger partial charge in [0.25, 0.3) is 0 Å². The lowest BCUT2D eigenvalue weighted by Gasteiger charge is -2.03. The monoisotopic (exact) mass is 206 g/mol. The fourth-order valence-electron chi connectivity index (χ4n) is 1.25. The van der Waals surface area contributed by atoms with Gasteiger partial charge in [0.1, 0.15) is 6.33 Å². The normalized spacial score (nSPS) is 10.4. The molecule has 2 aromatic rings. The molecule has 0 saturated carbocycles. The van der Waals surface area contributed by atoms with E-state index in [9.17, 15) is 0 Å². The van der Waals surface area contributed by atoms with E-state index in [1.807, 2.05) is 23.8 Å². The van der Waals surface area contributed by atoms with Gasteiger partial charge in [0.2, 0.25) is 0 Å². The van der Waals surface area contributed by atoms with Gasteiger partial charge in [0, 0.05) is 18.1 Å². The van der Waals surface area contributed by atoms with Crippen LogP contribution in [0.15, 0.2) is 24.8 Å². The van der Waals surface area contributed by atoms with Crippen LogP contribution in [0.1, 0.15) is 11.4 Å². The molecule has 0 fully saturated rings. The molecular formula is C9H10N4S. The van der Waals surface area contributed by atoms with E-state index in [1.165, 1.54) is 0 Å². The largest absolute Gasteiger partial charge is 0.337 e. The van der Waals surface area contributed by atoms with Gasteiger partial charge in [-0.25, -0.2) is 9.97 Å². The molecule has 0 aliphatic carbocycles. The van der Waals surface area contributed by atoms with E-state index in [1.54, 1.807) is 12.5 Å².